The maximum Gasteiger partial charge on any atom is 0.232 e. The lowest BCUT2D eigenvalue weighted by molar-refractivity contribution is 0.477. The summed E-state index contributed by atoms with van der Waals surface area (Å²) >= 11 is 0. The number of phenolic OH excluding ortho intramolecular Hbond substituents is 1. The lowest BCUT2D eigenvalue weighted by Crippen LogP contribution is -2.17. The SMILES string of the molecule is CCCCCCCCS(=O)(=O)Nc1cc(-c2ccccc2O)ccc1C. The van der Waals surface area contributed by atoms with Gasteiger partial charge in [-0.3, -0.25) is 4.72 Å². The molecule has 2 aromatic rings. The molecule has 0 fully saturated rings. The maximum atomic E-state index is 12.4. The van der Waals surface area contributed by atoms with Crippen molar-refractivity contribution in [2.75, 3.05) is 10.5 Å². The number of aromatic hydroxyl groups is 1. The fourth-order valence-electron chi connectivity index (χ4n) is 2.91. The molecular formula is C21H29NO3S. The van der Waals surface area contributed by atoms with Gasteiger partial charge in [-0.1, -0.05) is 69.4 Å². The van der Waals surface area contributed by atoms with Crippen LogP contribution in [0.1, 0.15) is 51.0 Å². The van der Waals surface area contributed by atoms with E-state index in [1.807, 2.05) is 31.2 Å². The second kappa shape index (κ2) is 9.62. The Hall–Kier alpha value is -2.01. The van der Waals surface area contributed by atoms with Crippen molar-refractivity contribution in [2.45, 2.75) is 52.4 Å². The molecule has 2 N–H and O–H groups in total. The average Bonchev–Trinajstić information content (AvgIpc) is 2.60. The molecular weight excluding hydrogens is 346 g/mol. The summed E-state index contributed by atoms with van der Waals surface area (Å²) in [6.45, 7) is 4.04. The molecule has 0 saturated carbocycles. The van der Waals surface area contributed by atoms with Crippen LogP contribution in [-0.2, 0) is 10.0 Å². The van der Waals surface area contributed by atoms with E-state index in [1.54, 1.807) is 18.2 Å². The standard InChI is InChI=1S/C21H29NO3S/c1-3-4-5-6-7-10-15-26(24,25)22-20-16-18(14-13-17(20)2)19-11-8-9-12-21(19)23/h8-9,11-14,16,22-23H,3-7,10,15H2,1-2H3. The fourth-order valence-corrected chi connectivity index (χ4v) is 4.15. The number of phenols is 1. The molecule has 0 unspecified atom stereocenters. The summed E-state index contributed by atoms with van der Waals surface area (Å²) in [5.74, 6) is 0.316. The fraction of sp³-hybridized carbons (Fsp3) is 0.429. The third kappa shape index (κ3) is 6.06. The molecule has 142 valence electrons. The minimum Gasteiger partial charge on any atom is -0.507 e. The van der Waals surface area contributed by atoms with Crippen LogP contribution < -0.4 is 4.72 Å². The third-order valence-electron chi connectivity index (χ3n) is 4.48. The summed E-state index contributed by atoms with van der Waals surface area (Å²) in [6, 6.07) is 12.6. The van der Waals surface area contributed by atoms with E-state index in [9.17, 15) is 13.5 Å². The van der Waals surface area contributed by atoms with Crippen LogP contribution in [-0.4, -0.2) is 19.3 Å². The number of hydrogen-bond acceptors (Lipinski definition) is 3. The van der Waals surface area contributed by atoms with Crippen LogP contribution in [0.2, 0.25) is 0 Å². The van der Waals surface area contributed by atoms with Crippen LogP contribution in [0.5, 0.6) is 5.75 Å². The Balaban J connectivity index is 2.04. The highest BCUT2D eigenvalue weighted by molar-refractivity contribution is 7.92. The Labute approximate surface area is 157 Å². The second-order valence-corrected chi connectivity index (χ2v) is 8.58. The molecule has 0 aromatic heterocycles. The van der Waals surface area contributed by atoms with Gasteiger partial charge in [0.1, 0.15) is 5.75 Å². The molecule has 0 radical (unpaired) electrons. The van der Waals surface area contributed by atoms with E-state index in [2.05, 4.69) is 11.6 Å². The Morgan fingerprint density at radius 2 is 1.65 bits per heavy atom. The van der Waals surface area contributed by atoms with Gasteiger partial charge in [-0.05, 0) is 36.6 Å². The van der Waals surface area contributed by atoms with Crippen molar-refractivity contribution in [3.05, 3.63) is 48.0 Å². The van der Waals surface area contributed by atoms with Crippen LogP contribution in [0.15, 0.2) is 42.5 Å². The Kier molecular flexibility index (Phi) is 7.51. The highest BCUT2D eigenvalue weighted by atomic mass is 32.2. The van der Waals surface area contributed by atoms with Crippen LogP contribution in [0.4, 0.5) is 5.69 Å². The largest absolute Gasteiger partial charge is 0.507 e. The highest BCUT2D eigenvalue weighted by Crippen LogP contribution is 2.31. The molecule has 0 saturated heterocycles. The molecule has 0 amide bonds. The van der Waals surface area contributed by atoms with Crippen molar-refractivity contribution in [1.82, 2.24) is 0 Å². The first-order chi connectivity index (χ1) is 12.4. The van der Waals surface area contributed by atoms with Gasteiger partial charge in [-0.25, -0.2) is 8.42 Å². The van der Waals surface area contributed by atoms with Gasteiger partial charge in [0.2, 0.25) is 10.0 Å². The topological polar surface area (TPSA) is 66.4 Å². The third-order valence-corrected chi connectivity index (χ3v) is 5.84. The average molecular weight is 376 g/mol. The van der Waals surface area contributed by atoms with Crippen LogP contribution in [0.3, 0.4) is 0 Å². The van der Waals surface area contributed by atoms with Gasteiger partial charge in [-0.2, -0.15) is 0 Å². The van der Waals surface area contributed by atoms with Crippen molar-refractivity contribution < 1.29 is 13.5 Å². The van der Waals surface area contributed by atoms with Gasteiger partial charge >= 0.3 is 0 Å². The monoisotopic (exact) mass is 375 g/mol. The van der Waals surface area contributed by atoms with E-state index in [4.69, 9.17) is 0 Å². The van der Waals surface area contributed by atoms with E-state index < -0.39 is 10.0 Å². The lowest BCUT2D eigenvalue weighted by atomic mass is 10.0. The Bertz CT molecular complexity index is 816. The van der Waals surface area contributed by atoms with Gasteiger partial charge in [0.05, 0.1) is 11.4 Å². The molecule has 2 rings (SSSR count). The number of unbranched alkanes of at least 4 members (excludes halogenated alkanes) is 5. The zero-order chi connectivity index (χ0) is 19.0. The second-order valence-electron chi connectivity index (χ2n) is 6.74. The summed E-state index contributed by atoms with van der Waals surface area (Å²) in [7, 11) is -3.37. The normalized spacial score (nSPS) is 11.5. The zero-order valence-electron chi connectivity index (χ0n) is 15.7. The molecule has 0 bridgehead atoms. The summed E-state index contributed by atoms with van der Waals surface area (Å²) in [6.07, 6.45) is 6.28. The van der Waals surface area contributed by atoms with Gasteiger partial charge in [0.15, 0.2) is 0 Å². The van der Waals surface area contributed by atoms with Gasteiger partial charge in [0, 0.05) is 5.56 Å². The number of para-hydroxylation sites is 1. The van der Waals surface area contributed by atoms with E-state index >= 15 is 0 Å². The number of benzene rings is 2. The maximum absolute atomic E-state index is 12.4. The number of nitrogens with one attached hydrogen (secondary N) is 1. The highest BCUT2D eigenvalue weighted by Gasteiger charge is 2.13. The zero-order valence-corrected chi connectivity index (χ0v) is 16.5. The minimum atomic E-state index is -3.37. The Morgan fingerprint density at radius 3 is 2.38 bits per heavy atom. The number of sulfonamides is 1. The van der Waals surface area contributed by atoms with Crippen molar-refractivity contribution in [3.8, 4) is 16.9 Å². The lowest BCUT2D eigenvalue weighted by Gasteiger charge is -2.13. The molecule has 0 atom stereocenters. The van der Waals surface area contributed by atoms with E-state index in [0.717, 1.165) is 24.0 Å². The van der Waals surface area contributed by atoms with Crippen LogP contribution in [0.25, 0.3) is 11.1 Å². The molecule has 0 spiro atoms. The number of hydrogen-bond donors (Lipinski definition) is 2. The van der Waals surface area contributed by atoms with E-state index in [0.29, 0.717) is 17.7 Å². The van der Waals surface area contributed by atoms with Crippen molar-refractivity contribution in [1.29, 1.82) is 0 Å². The summed E-state index contributed by atoms with van der Waals surface area (Å²) < 4.78 is 27.5. The number of anilines is 1. The van der Waals surface area contributed by atoms with Crippen molar-refractivity contribution in [3.63, 3.8) is 0 Å². The molecule has 26 heavy (non-hydrogen) atoms. The summed E-state index contributed by atoms with van der Waals surface area (Å²) in [4.78, 5) is 0. The van der Waals surface area contributed by atoms with E-state index in [-0.39, 0.29) is 11.5 Å². The number of aryl methyl sites for hydroxylation is 1. The van der Waals surface area contributed by atoms with Crippen LogP contribution >= 0.6 is 0 Å². The number of rotatable bonds is 10. The minimum absolute atomic E-state index is 0.138. The molecule has 4 nitrogen and oxygen atoms in total. The molecule has 0 aliphatic heterocycles. The van der Waals surface area contributed by atoms with Crippen molar-refractivity contribution in [2.24, 2.45) is 0 Å². The quantitative estimate of drug-likeness (QED) is 0.541. The first-order valence-electron chi connectivity index (χ1n) is 9.32. The van der Waals surface area contributed by atoms with E-state index in [1.165, 1.54) is 19.3 Å². The van der Waals surface area contributed by atoms with Crippen LogP contribution in [0, 0.1) is 6.92 Å². The predicted octanol–water partition coefficient (Wildman–Crippen LogP) is 5.47. The molecule has 2 aromatic carbocycles. The summed E-state index contributed by atoms with van der Waals surface area (Å²) in [5.41, 5.74) is 2.89. The molecule has 0 aliphatic rings. The first-order valence-corrected chi connectivity index (χ1v) is 11.0. The van der Waals surface area contributed by atoms with Gasteiger partial charge < -0.3 is 5.11 Å². The smallest absolute Gasteiger partial charge is 0.232 e. The Morgan fingerprint density at radius 1 is 0.962 bits per heavy atom. The van der Waals surface area contributed by atoms with Gasteiger partial charge in [-0.15, -0.1) is 0 Å². The molecule has 0 aliphatic carbocycles. The molecule has 5 heteroatoms. The first kappa shape index (κ1) is 20.3. The van der Waals surface area contributed by atoms with Crippen molar-refractivity contribution >= 4 is 15.7 Å². The summed E-state index contributed by atoms with van der Waals surface area (Å²) in [5, 5.41) is 10.0. The predicted molar refractivity (Wildman–Crippen MR) is 109 cm³/mol. The molecule has 0 heterocycles. The van der Waals surface area contributed by atoms with Gasteiger partial charge in [0.25, 0.3) is 0 Å².